The minimum absolute atomic E-state index is 0.178. The lowest BCUT2D eigenvalue weighted by atomic mass is 9.97. The molecule has 1 aromatic heterocycles. The zero-order chi connectivity index (χ0) is 28.5. The molecule has 2 aromatic carbocycles. The maximum Gasteiger partial charge on any atom is 0.247 e. The molecule has 3 aromatic rings. The van der Waals surface area contributed by atoms with Crippen LogP contribution in [-0.4, -0.2) is 71.7 Å². The number of rotatable bonds is 12. The molecule has 1 fully saturated rings. The van der Waals surface area contributed by atoms with Crippen LogP contribution < -0.4 is 21.7 Å². The van der Waals surface area contributed by atoms with Gasteiger partial charge in [-0.05, 0) is 63.4 Å². The number of nitrogens with one attached hydrogen (secondary N) is 4. The van der Waals surface area contributed by atoms with E-state index in [1.165, 1.54) is 16.2 Å². The molecule has 2 amide bonds. The number of ketones is 1. The van der Waals surface area contributed by atoms with E-state index in [0.717, 1.165) is 23.1 Å². The van der Waals surface area contributed by atoms with Gasteiger partial charge in [0, 0.05) is 6.54 Å². The van der Waals surface area contributed by atoms with Crippen molar-refractivity contribution in [1.82, 2.24) is 25.8 Å². The van der Waals surface area contributed by atoms with Gasteiger partial charge in [0.2, 0.25) is 17.6 Å². The highest BCUT2D eigenvalue weighted by Gasteiger charge is 2.41. The van der Waals surface area contributed by atoms with Gasteiger partial charge in [-0.25, -0.2) is 4.98 Å². The molecule has 1 aliphatic heterocycles. The van der Waals surface area contributed by atoms with E-state index in [1.54, 1.807) is 7.05 Å². The Balaban J connectivity index is 1.71. The van der Waals surface area contributed by atoms with Crippen LogP contribution in [0, 0.1) is 5.41 Å². The molecule has 11 heteroatoms. The number of nitrogens with two attached hydrogens (primary N) is 1. The van der Waals surface area contributed by atoms with Crippen molar-refractivity contribution < 1.29 is 14.4 Å². The molecule has 0 saturated carbocycles. The molecule has 1 saturated heterocycles. The molecule has 6 N–H and O–H groups in total. The third-order valence-corrected chi connectivity index (χ3v) is 8.15. The second-order valence-electron chi connectivity index (χ2n) is 9.93. The van der Waals surface area contributed by atoms with Crippen LogP contribution in [0.4, 0.5) is 0 Å². The Morgan fingerprint density at radius 3 is 2.58 bits per heavy atom. The molecule has 212 valence electrons. The van der Waals surface area contributed by atoms with Gasteiger partial charge in [-0.3, -0.25) is 24.7 Å². The number of amides is 2. The van der Waals surface area contributed by atoms with Crippen molar-refractivity contribution in [3.05, 3.63) is 65.2 Å². The number of para-hydroxylation sites is 1. The van der Waals surface area contributed by atoms with E-state index in [2.05, 4.69) is 20.9 Å². The Kier molecular flexibility index (Phi) is 10.3. The minimum atomic E-state index is -1.05. The number of thiazole rings is 1. The summed E-state index contributed by atoms with van der Waals surface area (Å²) < 4.78 is 0.859. The van der Waals surface area contributed by atoms with Crippen molar-refractivity contribution in [3.8, 4) is 0 Å². The van der Waals surface area contributed by atoms with Gasteiger partial charge < -0.3 is 21.7 Å². The molecule has 10 nitrogen and oxygen atoms in total. The van der Waals surface area contributed by atoms with Gasteiger partial charge in [0.05, 0.1) is 22.3 Å². The first-order valence-corrected chi connectivity index (χ1v) is 14.5. The van der Waals surface area contributed by atoms with Crippen LogP contribution in [0.5, 0.6) is 0 Å². The summed E-state index contributed by atoms with van der Waals surface area (Å²) in [7, 11) is 1.69. The average molecular weight is 564 g/mol. The maximum absolute atomic E-state index is 14.2. The van der Waals surface area contributed by atoms with Gasteiger partial charge in [0.15, 0.2) is 11.0 Å². The molecule has 2 heterocycles. The monoisotopic (exact) mass is 563 g/mol. The van der Waals surface area contributed by atoms with Gasteiger partial charge in [-0.15, -0.1) is 11.3 Å². The lowest BCUT2D eigenvalue weighted by Crippen LogP contribution is -2.60. The van der Waals surface area contributed by atoms with E-state index < -0.39 is 29.9 Å². The SMILES string of the molecule is CN[C@H](Cc1ccccc1)C(=O)N(C(=O)C1CCCCN1)[C@@H](CCCNC(=N)N)C(=O)c1nc2ccccc2s1. The number of hydrogen-bond donors (Lipinski definition) is 5. The van der Waals surface area contributed by atoms with Crippen molar-refractivity contribution in [3.63, 3.8) is 0 Å². The van der Waals surface area contributed by atoms with Crippen molar-refractivity contribution in [2.24, 2.45) is 5.73 Å². The number of piperidine rings is 1. The molecule has 1 unspecified atom stereocenters. The topological polar surface area (TPSA) is 153 Å². The van der Waals surface area contributed by atoms with Crippen LogP contribution in [0.2, 0.25) is 0 Å². The molecule has 1 aliphatic rings. The summed E-state index contributed by atoms with van der Waals surface area (Å²) >= 11 is 1.26. The molecule has 40 heavy (non-hydrogen) atoms. The fraction of sp³-hybridized carbons (Fsp3) is 0.414. The van der Waals surface area contributed by atoms with Crippen LogP contribution in [0.1, 0.15) is 47.5 Å². The van der Waals surface area contributed by atoms with Crippen LogP contribution in [0.25, 0.3) is 10.2 Å². The molecule has 4 rings (SSSR count). The van der Waals surface area contributed by atoms with E-state index in [9.17, 15) is 14.4 Å². The lowest BCUT2D eigenvalue weighted by Gasteiger charge is -2.35. The molecular weight excluding hydrogens is 526 g/mol. The third-order valence-electron chi connectivity index (χ3n) is 7.10. The van der Waals surface area contributed by atoms with E-state index in [4.69, 9.17) is 11.1 Å². The summed E-state index contributed by atoms with van der Waals surface area (Å²) in [5, 5.41) is 16.8. The number of likely N-dealkylation sites (N-methyl/N-ethyl adjacent to an activating group) is 1. The number of carbonyl (C=O) groups is 3. The summed E-state index contributed by atoms with van der Waals surface area (Å²) in [5.74, 6) is -1.38. The fourth-order valence-corrected chi connectivity index (χ4v) is 5.95. The highest BCUT2D eigenvalue weighted by Crippen LogP contribution is 2.26. The van der Waals surface area contributed by atoms with Crippen LogP contribution in [0.15, 0.2) is 54.6 Å². The molecule has 0 bridgehead atoms. The number of Topliss-reactive ketones (excluding diaryl/α,β-unsaturated/α-hetero) is 1. The van der Waals surface area contributed by atoms with Crippen LogP contribution in [0.3, 0.4) is 0 Å². The van der Waals surface area contributed by atoms with Gasteiger partial charge >= 0.3 is 0 Å². The van der Waals surface area contributed by atoms with Gasteiger partial charge in [-0.1, -0.05) is 48.9 Å². The number of fused-ring (bicyclic) bond motifs is 1. The Morgan fingerprint density at radius 1 is 1.15 bits per heavy atom. The molecule has 0 aliphatic carbocycles. The number of guanidine groups is 1. The standard InChI is InChI=1S/C29H37N7O3S/c1-32-22(18-19-10-3-2-4-11-19)28(39)36(27(38)21-13-7-8-16-33-21)23(14-9-17-34-29(30)31)25(37)26-35-20-12-5-6-15-24(20)40-26/h2-6,10-12,15,21-23,32-33H,7-9,13-14,16-18H2,1H3,(H4,30,31,34)/t21?,22-,23+/m1/s1. The smallest absolute Gasteiger partial charge is 0.247 e. The highest BCUT2D eigenvalue weighted by atomic mass is 32.1. The normalized spacial score (nSPS) is 16.7. The second kappa shape index (κ2) is 14.1. The quantitative estimate of drug-likeness (QED) is 0.0975. The molecule has 3 atom stereocenters. The van der Waals surface area contributed by atoms with Gasteiger partial charge in [0.25, 0.3) is 0 Å². The van der Waals surface area contributed by atoms with Gasteiger partial charge in [0.1, 0.15) is 6.04 Å². The summed E-state index contributed by atoms with van der Waals surface area (Å²) in [6.45, 7) is 1.01. The van der Waals surface area contributed by atoms with Gasteiger partial charge in [-0.2, -0.15) is 0 Å². The summed E-state index contributed by atoms with van der Waals surface area (Å²) in [4.78, 5) is 48.2. The summed E-state index contributed by atoms with van der Waals surface area (Å²) in [6, 6.07) is 14.8. The first-order chi connectivity index (χ1) is 19.4. The minimum Gasteiger partial charge on any atom is -0.370 e. The van der Waals surface area contributed by atoms with E-state index in [1.807, 2.05) is 54.6 Å². The largest absolute Gasteiger partial charge is 0.370 e. The predicted molar refractivity (Wildman–Crippen MR) is 157 cm³/mol. The van der Waals surface area contributed by atoms with Crippen molar-refractivity contribution in [2.45, 2.75) is 56.7 Å². The number of aromatic nitrogens is 1. The zero-order valence-corrected chi connectivity index (χ0v) is 23.5. The van der Waals surface area contributed by atoms with E-state index in [-0.39, 0.29) is 23.2 Å². The van der Waals surface area contributed by atoms with Crippen molar-refractivity contribution >= 4 is 45.1 Å². The van der Waals surface area contributed by atoms with Crippen molar-refractivity contribution in [2.75, 3.05) is 20.1 Å². The number of benzene rings is 2. The zero-order valence-electron chi connectivity index (χ0n) is 22.7. The lowest BCUT2D eigenvalue weighted by molar-refractivity contribution is -0.150. The number of imide groups is 1. The Hall–Kier alpha value is -3.67. The second-order valence-corrected chi connectivity index (χ2v) is 11.0. The fourth-order valence-electron chi connectivity index (χ4n) is 4.99. The summed E-state index contributed by atoms with van der Waals surface area (Å²) in [5.41, 5.74) is 7.09. The molecule has 0 radical (unpaired) electrons. The average Bonchev–Trinajstić information content (AvgIpc) is 3.42. The van der Waals surface area contributed by atoms with E-state index >= 15 is 0 Å². The van der Waals surface area contributed by atoms with E-state index in [0.29, 0.717) is 37.9 Å². The number of hydrogen-bond acceptors (Lipinski definition) is 8. The molecular formula is C29H37N7O3S. The van der Waals surface area contributed by atoms with Crippen molar-refractivity contribution in [1.29, 1.82) is 5.41 Å². The first kappa shape index (κ1) is 29.3. The number of carbonyl (C=O) groups excluding carboxylic acids is 3. The predicted octanol–water partition coefficient (Wildman–Crippen LogP) is 2.44. The summed E-state index contributed by atoms with van der Waals surface area (Å²) in [6.07, 6.45) is 3.41. The third kappa shape index (κ3) is 7.29. The van der Waals surface area contributed by atoms with Crippen LogP contribution in [-0.2, 0) is 16.0 Å². The number of nitrogens with zero attached hydrogens (tertiary/aromatic N) is 2. The molecule has 0 spiro atoms. The maximum atomic E-state index is 14.2. The Morgan fingerprint density at radius 2 is 1.90 bits per heavy atom. The first-order valence-electron chi connectivity index (χ1n) is 13.7. The van der Waals surface area contributed by atoms with Crippen LogP contribution >= 0.6 is 11.3 Å². The highest BCUT2D eigenvalue weighted by molar-refractivity contribution is 7.20. The Labute approximate surface area is 238 Å². The Bertz CT molecular complexity index is 1290.